The minimum absolute atomic E-state index is 0. The van der Waals surface area contributed by atoms with Gasteiger partial charge in [-0.2, -0.15) is 0 Å². The van der Waals surface area contributed by atoms with E-state index in [4.69, 9.17) is 11.6 Å². The minimum Gasteiger partial charge on any atom is -0.450 e. The summed E-state index contributed by atoms with van der Waals surface area (Å²) in [5.74, 6) is 0.402. The van der Waals surface area contributed by atoms with Crippen molar-refractivity contribution in [1.82, 2.24) is 5.32 Å². The third kappa shape index (κ3) is 9.85. The van der Waals surface area contributed by atoms with Crippen LogP contribution in [-0.4, -0.2) is 25.1 Å². The molecule has 1 amide bonds. The first-order valence-electron chi connectivity index (χ1n) is 3.07. The van der Waals surface area contributed by atoms with Crippen LogP contribution in [0.15, 0.2) is 0 Å². The van der Waals surface area contributed by atoms with Crippen molar-refractivity contribution in [2.75, 3.05) is 19.0 Å². The monoisotopic (exact) mass is 200 g/mol. The lowest BCUT2D eigenvalue weighted by Gasteiger charge is -2.02. The van der Waals surface area contributed by atoms with Crippen LogP contribution in [0.4, 0.5) is 4.79 Å². The number of alkyl carbamates (subject to hydrolysis) is 1. The van der Waals surface area contributed by atoms with E-state index in [2.05, 4.69) is 17.0 Å². The Balaban J connectivity index is 0. The molecule has 0 rings (SSSR count). The Morgan fingerprint density at radius 3 is 2.73 bits per heavy atom. The number of hydrogen-bond acceptors (Lipinski definition) is 2. The van der Waals surface area contributed by atoms with Gasteiger partial charge in [-0.3, -0.25) is 0 Å². The van der Waals surface area contributed by atoms with Gasteiger partial charge in [0.25, 0.3) is 0 Å². The number of halogens is 2. The molecule has 0 saturated carbocycles. The van der Waals surface area contributed by atoms with Crippen molar-refractivity contribution in [2.45, 2.75) is 6.42 Å². The van der Waals surface area contributed by atoms with Gasteiger partial charge < -0.3 is 10.1 Å². The third-order valence-corrected chi connectivity index (χ3v) is 0.930. The zero-order chi connectivity index (χ0) is 7.82. The van der Waals surface area contributed by atoms with Gasteiger partial charge in [0, 0.05) is 12.4 Å². The Hall–Kier alpha value is -0.150. The number of amides is 1. The van der Waals surface area contributed by atoms with E-state index in [0.29, 0.717) is 25.5 Å². The molecule has 5 heteroatoms. The zero-order valence-corrected chi connectivity index (χ0v) is 7.71. The molecular formula is C6H12Cl2NO2. The molecule has 0 aromatic rings. The summed E-state index contributed by atoms with van der Waals surface area (Å²) in [4.78, 5) is 10.5. The van der Waals surface area contributed by atoms with Gasteiger partial charge in [0.05, 0.1) is 6.61 Å². The summed E-state index contributed by atoms with van der Waals surface area (Å²) in [6, 6.07) is 0. The maximum atomic E-state index is 10.5. The van der Waals surface area contributed by atoms with Crippen LogP contribution in [0.5, 0.6) is 0 Å². The predicted octanol–water partition coefficient (Wildman–Crippen LogP) is 1.60. The fourth-order valence-electron chi connectivity index (χ4n) is 0.365. The lowest BCUT2D eigenvalue weighted by molar-refractivity contribution is 0.148. The highest BCUT2D eigenvalue weighted by Gasteiger charge is 1.96. The Labute approximate surface area is 77.8 Å². The van der Waals surface area contributed by atoms with E-state index in [-0.39, 0.29) is 12.4 Å². The summed E-state index contributed by atoms with van der Waals surface area (Å²) in [7, 11) is 0. The van der Waals surface area contributed by atoms with Crippen molar-refractivity contribution in [3.05, 3.63) is 6.92 Å². The summed E-state index contributed by atoms with van der Waals surface area (Å²) in [5.41, 5.74) is 0. The number of alkyl halides is 1. The summed E-state index contributed by atoms with van der Waals surface area (Å²) >= 11 is 5.30. The highest BCUT2D eigenvalue weighted by atomic mass is 35.5. The first-order valence-corrected chi connectivity index (χ1v) is 3.60. The lowest BCUT2D eigenvalue weighted by Crippen LogP contribution is -2.26. The van der Waals surface area contributed by atoms with Gasteiger partial charge >= 0.3 is 6.09 Å². The van der Waals surface area contributed by atoms with E-state index in [9.17, 15) is 4.79 Å². The lowest BCUT2D eigenvalue weighted by atomic mass is 10.5. The number of ether oxygens (including phenoxy) is 1. The second kappa shape index (κ2) is 9.85. The SMILES string of the molecule is Cl.[CH2]CCOC(=O)NCCCl. The standard InChI is InChI=1S/C6H11ClNO2.ClH/c1-2-5-10-6(9)8-4-3-7;/h1-5H2,(H,8,9);1H. The fourth-order valence-corrected chi connectivity index (χ4v) is 0.460. The number of rotatable bonds is 4. The van der Waals surface area contributed by atoms with Crippen LogP contribution < -0.4 is 5.32 Å². The number of carbonyl (C=O) groups excluding carboxylic acids is 1. The molecule has 0 heterocycles. The second-order valence-electron chi connectivity index (χ2n) is 1.61. The molecule has 67 valence electrons. The van der Waals surface area contributed by atoms with Gasteiger partial charge in [-0.05, 0) is 13.3 Å². The first kappa shape index (κ1) is 13.4. The molecule has 0 spiro atoms. The van der Waals surface area contributed by atoms with Gasteiger partial charge in [0.1, 0.15) is 0 Å². The number of carbonyl (C=O) groups is 1. The van der Waals surface area contributed by atoms with Gasteiger partial charge in [-0.25, -0.2) is 4.79 Å². The first-order chi connectivity index (χ1) is 4.81. The molecule has 0 aliphatic carbocycles. The van der Waals surface area contributed by atoms with Crippen LogP contribution in [0.2, 0.25) is 0 Å². The van der Waals surface area contributed by atoms with Gasteiger partial charge in [0.15, 0.2) is 0 Å². The van der Waals surface area contributed by atoms with Gasteiger partial charge in [0.2, 0.25) is 0 Å². The largest absolute Gasteiger partial charge is 0.450 e. The maximum Gasteiger partial charge on any atom is 0.407 e. The van der Waals surface area contributed by atoms with E-state index in [1.54, 1.807) is 0 Å². The van der Waals surface area contributed by atoms with Crippen LogP contribution in [0.3, 0.4) is 0 Å². The molecule has 0 unspecified atom stereocenters. The Morgan fingerprint density at radius 2 is 2.27 bits per heavy atom. The highest BCUT2D eigenvalue weighted by Crippen LogP contribution is 1.81. The van der Waals surface area contributed by atoms with Gasteiger partial charge in [-0.1, -0.05) is 0 Å². The smallest absolute Gasteiger partial charge is 0.407 e. The summed E-state index contributed by atoms with van der Waals surface area (Å²) in [6.45, 7) is 4.30. The van der Waals surface area contributed by atoms with Crippen molar-refractivity contribution in [2.24, 2.45) is 0 Å². The molecule has 0 aliphatic rings. The second-order valence-corrected chi connectivity index (χ2v) is 1.98. The van der Waals surface area contributed by atoms with Crippen molar-refractivity contribution in [1.29, 1.82) is 0 Å². The molecule has 0 aliphatic heterocycles. The van der Waals surface area contributed by atoms with Crippen molar-refractivity contribution in [3.8, 4) is 0 Å². The molecule has 1 radical (unpaired) electrons. The Kier molecular flexibility index (Phi) is 12.0. The van der Waals surface area contributed by atoms with Crippen LogP contribution >= 0.6 is 24.0 Å². The van der Waals surface area contributed by atoms with Gasteiger partial charge in [-0.15, -0.1) is 24.0 Å². The molecule has 0 fully saturated rings. The topological polar surface area (TPSA) is 38.3 Å². The van der Waals surface area contributed by atoms with Crippen molar-refractivity contribution < 1.29 is 9.53 Å². The van der Waals surface area contributed by atoms with E-state index >= 15 is 0 Å². The van der Waals surface area contributed by atoms with E-state index < -0.39 is 6.09 Å². The molecule has 0 atom stereocenters. The summed E-state index contributed by atoms with van der Waals surface area (Å²) in [5, 5.41) is 2.45. The van der Waals surface area contributed by atoms with E-state index in [1.165, 1.54) is 0 Å². The molecule has 0 aromatic heterocycles. The minimum atomic E-state index is -0.427. The molecule has 0 aromatic carbocycles. The highest BCUT2D eigenvalue weighted by molar-refractivity contribution is 6.18. The van der Waals surface area contributed by atoms with Crippen molar-refractivity contribution >= 4 is 30.1 Å². The molecule has 1 N–H and O–H groups in total. The summed E-state index contributed by atoms with van der Waals surface area (Å²) in [6.07, 6.45) is 0.165. The number of nitrogens with one attached hydrogen (secondary N) is 1. The Bertz CT molecular complexity index is 90.6. The fraction of sp³-hybridized carbons (Fsp3) is 0.667. The maximum absolute atomic E-state index is 10.5. The zero-order valence-electron chi connectivity index (χ0n) is 6.14. The predicted molar refractivity (Wildman–Crippen MR) is 47.3 cm³/mol. The Morgan fingerprint density at radius 1 is 1.64 bits per heavy atom. The molecule has 0 bridgehead atoms. The summed E-state index contributed by atoms with van der Waals surface area (Å²) < 4.78 is 4.62. The van der Waals surface area contributed by atoms with Crippen LogP contribution in [0.1, 0.15) is 6.42 Å². The number of hydrogen-bond donors (Lipinski definition) is 1. The quantitative estimate of drug-likeness (QED) is 0.701. The van der Waals surface area contributed by atoms with Crippen LogP contribution in [-0.2, 0) is 4.74 Å². The molecule has 0 saturated heterocycles. The third-order valence-electron chi connectivity index (χ3n) is 0.741. The van der Waals surface area contributed by atoms with E-state index in [1.807, 2.05) is 0 Å². The van der Waals surface area contributed by atoms with Crippen LogP contribution in [0.25, 0.3) is 0 Å². The normalized spacial score (nSPS) is 8.18. The average molecular weight is 201 g/mol. The molecule has 3 nitrogen and oxygen atoms in total. The molecule has 11 heavy (non-hydrogen) atoms. The van der Waals surface area contributed by atoms with Crippen molar-refractivity contribution in [3.63, 3.8) is 0 Å². The van der Waals surface area contributed by atoms with Crippen LogP contribution in [0, 0.1) is 6.92 Å². The average Bonchev–Trinajstić information content (AvgIpc) is 1.97. The van der Waals surface area contributed by atoms with E-state index in [0.717, 1.165) is 0 Å². The molecular weight excluding hydrogens is 189 g/mol.